The second kappa shape index (κ2) is 11.5. The lowest BCUT2D eigenvalue weighted by atomic mass is 9.46. The number of ketones is 2. The molecule has 11 nitrogen and oxygen atoms in total. The molecule has 1 aromatic rings. The normalized spacial score (nSPS) is 28.4. The van der Waals surface area contributed by atoms with Crippen LogP contribution in [0.1, 0.15) is 84.1 Å². The third-order valence-corrected chi connectivity index (χ3v) is 9.74. The van der Waals surface area contributed by atoms with E-state index < -0.39 is 57.0 Å². The summed E-state index contributed by atoms with van der Waals surface area (Å²) in [6.45, 7) is 18.1. The molecule has 11 heteroatoms. The fourth-order valence-corrected chi connectivity index (χ4v) is 7.96. The van der Waals surface area contributed by atoms with Crippen LogP contribution in [0.15, 0.2) is 23.0 Å². The molecular weight excluding hydrogens is 588 g/mol. The molecule has 3 aliphatic rings. The SMILES string of the molecule is CN(C)[C@@H]1C(=O)C(C(N)=O)=C(O)[C@@]2(O)C(=O)C3=C(O)c4c(O)c(CNCC(C)(C)C)cc(CNCC(C)(C)C)c4C[C@@]3(C)C[C@@]12C. The number of Topliss-reactive ketones (excluding diaryl/α,β-unsaturated/α-hetero) is 2. The van der Waals surface area contributed by atoms with Gasteiger partial charge in [0.05, 0.1) is 11.6 Å². The number of carbonyl (C=O) groups excluding carboxylic acids is 3. The summed E-state index contributed by atoms with van der Waals surface area (Å²) in [6, 6.07) is 0.726. The van der Waals surface area contributed by atoms with Crippen molar-refractivity contribution in [3.63, 3.8) is 0 Å². The standard InChI is InChI=1S/C35H52N4O7/c1-31(2,3)16-37-13-18-11-19(14-38-17-32(4,5)6)24(40)21-20(18)12-33(7)15-34(8)27(39(9)10)26(42)22(30(36)45)28(43)35(34,46)29(44)23(33)25(21)41/h11,27,37-38,40-41,43,46H,12-17H2,1-10H3,(H2,36,45)/t27-,33+,34+,35-/m1/s1. The lowest BCUT2D eigenvalue weighted by Gasteiger charge is -2.59. The summed E-state index contributed by atoms with van der Waals surface area (Å²) in [5.41, 5.74) is 1.11. The van der Waals surface area contributed by atoms with Gasteiger partial charge in [0, 0.05) is 48.1 Å². The molecule has 3 aliphatic carbocycles. The summed E-state index contributed by atoms with van der Waals surface area (Å²) >= 11 is 0. The number of likely N-dealkylation sites (N-methyl/N-ethyl adjacent to an activating group) is 1. The second-order valence-electron chi connectivity index (χ2n) is 16.6. The van der Waals surface area contributed by atoms with Crippen LogP contribution in [0.25, 0.3) is 5.76 Å². The first-order chi connectivity index (χ1) is 20.9. The van der Waals surface area contributed by atoms with Crippen molar-refractivity contribution in [3.05, 3.63) is 45.2 Å². The van der Waals surface area contributed by atoms with Gasteiger partial charge in [0.15, 0.2) is 11.4 Å². The van der Waals surface area contributed by atoms with Crippen molar-refractivity contribution in [1.82, 2.24) is 15.5 Å². The fourth-order valence-electron chi connectivity index (χ4n) is 7.96. The summed E-state index contributed by atoms with van der Waals surface area (Å²) in [5, 5.41) is 54.1. The van der Waals surface area contributed by atoms with E-state index in [0.29, 0.717) is 37.3 Å². The van der Waals surface area contributed by atoms with Gasteiger partial charge in [-0.3, -0.25) is 19.3 Å². The number of hydrogen-bond acceptors (Lipinski definition) is 10. The van der Waals surface area contributed by atoms with Gasteiger partial charge >= 0.3 is 0 Å². The molecule has 1 amide bonds. The Hall–Kier alpha value is -3.25. The Bertz CT molecular complexity index is 1550. The van der Waals surface area contributed by atoms with Crippen LogP contribution in [0.4, 0.5) is 0 Å². The zero-order valence-electron chi connectivity index (χ0n) is 28.9. The van der Waals surface area contributed by atoms with E-state index in [2.05, 4.69) is 52.2 Å². The molecule has 254 valence electrons. The van der Waals surface area contributed by atoms with Crippen molar-refractivity contribution < 1.29 is 34.8 Å². The molecule has 4 rings (SSSR count). The van der Waals surface area contributed by atoms with Gasteiger partial charge in [-0.1, -0.05) is 55.4 Å². The average Bonchev–Trinajstić information content (AvgIpc) is 2.86. The molecule has 46 heavy (non-hydrogen) atoms. The lowest BCUT2D eigenvalue weighted by Crippen LogP contribution is -2.72. The van der Waals surface area contributed by atoms with Crippen molar-refractivity contribution in [2.45, 2.75) is 93.0 Å². The maximum atomic E-state index is 14.6. The van der Waals surface area contributed by atoms with Gasteiger partial charge in [0.1, 0.15) is 22.8 Å². The van der Waals surface area contributed by atoms with Crippen LogP contribution in [0.5, 0.6) is 5.75 Å². The zero-order chi connectivity index (χ0) is 34.9. The number of hydrogen-bond donors (Lipinski definition) is 7. The fraction of sp³-hybridized carbons (Fsp3) is 0.629. The maximum absolute atomic E-state index is 14.6. The molecule has 1 fully saturated rings. The van der Waals surface area contributed by atoms with Crippen molar-refractivity contribution in [2.24, 2.45) is 27.4 Å². The number of primary amides is 1. The number of aliphatic hydroxyl groups excluding tert-OH is 2. The largest absolute Gasteiger partial charge is 0.508 e. The Morgan fingerprint density at radius 2 is 1.50 bits per heavy atom. The van der Waals surface area contributed by atoms with Crippen LogP contribution in [-0.2, 0) is 33.9 Å². The van der Waals surface area contributed by atoms with E-state index in [0.717, 1.165) is 5.56 Å². The van der Waals surface area contributed by atoms with Gasteiger partial charge < -0.3 is 36.8 Å². The minimum atomic E-state index is -2.75. The number of nitrogens with two attached hydrogens (primary N) is 1. The average molecular weight is 641 g/mol. The maximum Gasteiger partial charge on any atom is 0.255 e. The minimum absolute atomic E-state index is 0.00189. The number of aromatic hydroxyl groups is 1. The Balaban J connectivity index is 1.97. The van der Waals surface area contributed by atoms with Gasteiger partial charge in [-0.15, -0.1) is 0 Å². The predicted octanol–water partition coefficient (Wildman–Crippen LogP) is 3.02. The van der Waals surface area contributed by atoms with E-state index in [1.807, 2.05) is 6.07 Å². The number of phenolic OH excluding ortho intramolecular Hbond substituents is 1. The second-order valence-corrected chi connectivity index (χ2v) is 16.6. The number of benzene rings is 1. The number of carbonyl (C=O) groups is 3. The van der Waals surface area contributed by atoms with Crippen LogP contribution in [0.3, 0.4) is 0 Å². The smallest absolute Gasteiger partial charge is 0.255 e. The summed E-state index contributed by atoms with van der Waals surface area (Å²) < 4.78 is 0. The molecule has 0 unspecified atom stereocenters. The minimum Gasteiger partial charge on any atom is -0.508 e. The quantitative estimate of drug-likeness (QED) is 0.208. The topological polar surface area (TPSA) is 185 Å². The highest BCUT2D eigenvalue weighted by Gasteiger charge is 2.72. The van der Waals surface area contributed by atoms with E-state index in [-0.39, 0.29) is 40.6 Å². The third-order valence-electron chi connectivity index (χ3n) is 9.74. The molecule has 1 saturated carbocycles. The zero-order valence-corrected chi connectivity index (χ0v) is 28.9. The number of phenols is 1. The Morgan fingerprint density at radius 1 is 0.978 bits per heavy atom. The Kier molecular flexibility index (Phi) is 8.88. The molecule has 0 heterocycles. The summed E-state index contributed by atoms with van der Waals surface area (Å²) in [6.07, 6.45) is 0.187. The van der Waals surface area contributed by atoms with Crippen LogP contribution in [0, 0.1) is 21.7 Å². The van der Waals surface area contributed by atoms with E-state index in [1.54, 1.807) is 27.9 Å². The van der Waals surface area contributed by atoms with Crippen molar-refractivity contribution in [3.8, 4) is 5.75 Å². The molecule has 0 spiro atoms. The summed E-state index contributed by atoms with van der Waals surface area (Å²) in [5.74, 6) is -4.88. The molecule has 4 atom stereocenters. The highest BCUT2D eigenvalue weighted by Crippen LogP contribution is 2.63. The molecule has 0 bridgehead atoms. The number of amides is 1. The van der Waals surface area contributed by atoms with Crippen molar-refractivity contribution in [1.29, 1.82) is 0 Å². The van der Waals surface area contributed by atoms with Gasteiger partial charge in [-0.05, 0) is 55.0 Å². The van der Waals surface area contributed by atoms with Gasteiger partial charge in [0.25, 0.3) is 5.91 Å². The first-order valence-corrected chi connectivity index (χ1v) is 15.8. The number of aliphatic hydroxyl groups is 3. The molecule has 0 aliphatic heterocycles. The molecule has 0 saturated heterocycles. The van der Waals surface area contributed by atoms with Gasteiger partial charge in [-0.2, -0.15) is 0 Å². The van der Waals surface area contributed by atoms with Gasteiger partial charge in [-0.25, -0.2) is 0 Å². The molecule has 0 aromatic heterocycles. The molecule has 1 aromatic carbocycles. The van der Waals surface area contributed by atoms with E-state index in [9.17, 15) is 34.8 Å². The Morgan fingerprint density at radius 3 is 1.98 bits per heavy atom. The monoisotopic (exact) mass is 640 g/mol. The summed E-state index contributed by atoms with van der Waals surface area (Å²) in [7, 11) is 3.18. The van der Waals surface area contributed by atoms with Crippen LogP contribution in [0.2, 0.25) is 0 Å². The number of rotatable bonds is 8. The van der Waals surface area contributed by atoms with E-state index >= 15 is 0 Å². The van der Waals surface area contributed by atoms with E-state index in [1.165, 1.54) is 4.90 Å². The first kappa shape index (κ1) is 35.6. The van der Waals surface area contributed by atoms with E-state index in [4.69, 9.17) is 5.73 Å². The molecule has 8 N–H and O–H groups in total. The number of fused-ring (bicyclic) bond motifs is 3. The number of nitrogens with one attached hydrogen (secondary N) is 2. The van der Waals surface area contributed by atoms with Crippen molar-refractivity contribution >= 4 is 23.2 Å². The number of nitrogens with zero attached hydrogens (tertiary/aromatic N) is 1. The van der Waals surface area contributed by atoms with Crippen molar-refractivity contribution in [2.75, 3.05) is 27.2 Å². The third kappa shape index (κ3) is 5.65. The van der Waals surface area contributed by atoms with Gasteiger partial charge in [0.2, 0.25) is 5.78 Å². The molecular formula is C35H52N4O7. The summed E-state index contributed by atoms with van der Waals surface area (Å²) in [4.78, 5) is 42.1. The highest BCUT2D eigenvalue weighted by atomic mass is 16.3. The lowest BCUT2D eigenvalue weighted by molar-refractivity contribution is -0.176. The Labute approximate surface area is 271 Å². The van der Waals surface area contributed by atoms with Crippen LogP contribution < -0.4 is 16.4 Å². The van der Waals surface area contributed by atoms with Crippen LogP contribution in [-0.4, -0.2) is 81.6 Å². The highest BCUT2D eigenvalue weighted by molar-refractivity contribution is 6.25. The van der Waals surface area contributed by atoms with Crippen LogP contribution >= 0.6 is 0 Å². The predicted molar refractivity (Wildman–Crippen MR) is 176 cm³/mol. The molecule has 0 radical (unpaired) electrons. The first-order valence-electron chi connectivity index (χ1n) is 15.8.